The van der Waals surface area contributed by atoms with Gasteiger partial charge in [0, 0.05) is 6.42 Å². The topological polar surface area (TPSA) is 55.4 Å². The van der Waals surface area contributed by atoms with Gasteiger partial charge in [0.2, 0.25) is 5.91 Å². The first-order valence-corrected chi connectivity index (χ1v) is 7.42. The average molecular weight is 291 g/mol. The highest BCUT2D eigenvalue weighted by molar-refractivity contribution is 5.78. The maximum Gasteiger partial charge on any atom is 0.308 e. The van der Waals surface area contributed by atoms with Crippen LogP contribution in [0.15, 0.2) is 30.3 Å². The van der Waals surface area contributed by atoms with Gasteiger partial charge in [-0.1, -0.05) is 44.2 Å². The molecule has 0 saturated carbocycles. The minimum atomic E-state index is -0.344. The number of amides is 1. The SMILES string of the molecule is CC(C)CC(=O)NC(CC(=O)OC(C)C)c1ccccc1. The summed E-state index contributed by atoms with van der Waals surface area (Å²) in [5.74, 6) is -0.0658. The lowest BCUT2D eigenvalue weighted by atomic mass is 10.0. The van der Waals surface area contributed by atoms with Crippen molar-refractivity contribution in [2.75, 3.05) is 0 Å². The summed E-state index contributed by atoms with van der Waals surface area (Å²) in [6.45, 7) is 7.60. The smallest absolute Gasteiger partial charge is 0.308 e. The van der Waals surface area contributed by atoms with Crippen LogP contribution in [0.1, 0.15) is 52.1 Å². The molecule has 1 aromatic rings. The number of rotatable bonds is 7. The molecule has 1 aromatic carbocycles. The quantitative estimate of drug-likeness (QED) is 0.785. The fourth-order valence-corrected chi connectivity index (χ4v) is 2.04. The van der Waals surface area contributed by atoms with Crippen molar-refractivity contribution in [1.29, 1.82) is 0 Å². The number of hydrogen-bond donors (Lipinski definition) is 1. The van der Waals surface area contributed by atoms with Gasteiger partial charge in [0.25, 0.3) is 0 Å². The lowest BCUT2D eigenvalue weighted by Crippen LogP contribution is -2.31. The first-order chi connectivity index (χ1) is 9.88. The predicted octanol–water partition coefficient (Wildman–Crippen LogP) is 3.23. The Morgan fingerprint density at radius 2 is 1.67 bits per heavy atom. The summed E-state index contributed by atoms with van der Waals surface area (Å²) in [6.07, 6.45) is 0.439. The lowest BCUT2D eigenvalue weighted by molar-refractivity contribution is -0.148. The zero-order valence-electron chi connectivity index (χ0n) is 13.3. The summed E-state index contributed by atoms with van der Waals surface area (Å²) in [7, 11) is 0. The van der Waals surface area contributed by atoms with E-state index < -0.39 is 0 Å². The lowest BCUT2D eigenvalue weighted by Gasteiger charge is -2.20. The zero-order chi connectivity index (χ0) is 15.8. The second-order valence-electron chi connectivity index (χ2n) is 5.87. The van der Waals surface area contributed by atoms with Crippen LogP contribution >= 0.6 is 0 Å². The Kier molecular flexibility index (Phi) is 6.92. The molecule has 4 heteroatoms. The molecule has 0 radical (unpaired) electrons. The van der Waals surface area contributed by atoms with E-state index in [4.69, 9.17) is 4.74 Å². The minimum Gasteiger partial charge on any atom is -0.463 e. The van der Waals surface area contributed by atoms with E-state index in [-0.39, 0.29) is 36.4 Å². The van der Waals surface area contributed by atoms with E-state index in [9.17, 15) is 9.59 Å². The van der Waals surface area contributed by atoms with Crippen molar-refractivity contribution in [3.63, 3.8) is 0 Å². The number of hydrogen-bond acceptors (Lipinski definition) is 3. The van der Waals surface area contributed by atoms with Crippen LogP contribution in [0, 0.1) is 5.92 Å². The number of carbonyl (C=O) groups is 2. The number of nitrogens with one attached hydrogen (secondary N) is 1. The largest absolute Gasteiger partial charge is 0.463 e. The first kappa shape index (κ1) is 17.2. The van der Waals surface area contributed by atoms with Crippen molar-refractivity contribution < 1.29 is 14.3 Å². The Bertz CT molecular complexity index is 430. The third kappa shape index (κ3) is 6.93. The van der Waals surface area contributed by atoms with Gasteiger partial charge < -0.3 is 10.1 Å². The number of ether oxygens (including phenoxy) is 1. The Morgan fingerprint density at radius 1 is 1.05 bits per heavy atom. The van der Waals surface area contributed by atoms with E-state index in [1.54, 1.807) is 0 Å². The van der Waals surface area contributed by atoms with Crippen LogP contribution in [-0.4, -0.2) is 18.0 Å². The van der Waals surface area contributed by atoms with E-state index in [1.807, 2.05) is 58.0 Å². The van der Waals surface area contributed by atoms with Gasteiger partial charge >= 0.3 is 5.97 Å². The number of esters is 1. The molecule has 0 aliphatic heterocycles. The van der Waals surface area contributed by atoms with Crippen LogP contribution in [0.4, 0.5) is 0 Å². The van der Waals surface area contributed by atoms with E-state index in [2.05, 4.69) is 5.32 Å². The van der Waals surface area contributed by atoms with Crippen LogP contribution in [0.3, 0.4) is 0 Å². The van der Waals surface area contributed by atoms with Crippen molar-refractivity contribution in [3.05, 3.63) is 35.9 Å². The summed E-state index contributed by atoms with van der Waals surface area (Å²) in [5.41, 5.74) is 0.912. The van der Waals surface area contributed by atoms with Crippen molar-refractivity contribution in [1.82, 2.24) is 5.32 Å². The molecule has 1 amide bonds. The van der Waals surface area contributed by atoms with Crippen molar-refractivity contribution in [2.24, 2.45) is 5.92 Å². The summed E-state index contributed by atoms with van der Waals surface area (Å²) in [6, 6.07) is 9.16. The van der Waals surface area contributed by atoms with Gasteiger partial charge in [0.05, 0.1) is 18.6 Å². The first-order valence-electron chi connectivity index (χ1n) is 7.42. The molecule has 0 aromatic heterocycles. The van der Waals surface area contributed by atoms with Crippen LogP contribution in [0.25, 0.3) is 0 Å². The minimum absolute atomic E-state index is 0.0452. The van der Waals surface area contributed by atoms with Crippen molar-refractivity contribution in [3.8, 4) is 0 Å². The molecule has 1 unspecified atom stereocenters. The molecule has 4 nitrogen and oxygen atoms in total. The Hall–Kier alpha value is -1.84. The molecule has 0 bridgehead atoms. The van der Waals surface area contributed by atoms with Crippen LogP contribution < -0.4 is 5.32 Å². The number of benzene rings is 1. The Morgan fingerprint density at radius 3 is 2.19 bits per heavy atom. The molecular formula is C17H25NO3. The second-order valence-corrected chi connectivity index (χ2v) is 5.87. The standard InChI is InChI=1S/C17H25NO3/c1-12(2)10-16(19)18-15(11-17(20)21-13(3)4)14-8-6-5-7-9-14/h5-9,12-13,15H,10-11H2,1-4H3,(H,18,19). The molecule has 1 N–H and O–H groups in total. The van der Waals surface area contributed by atoms with E-state index in [1.165, 1.54) is 0 Å². The fourth-order valence-electron chi connectivity index (χ4n) is 2.04. The molecule has 0 saturated heterocycles. The highest BCUT2D eigenvalue weighted by Gasteiger charge is 2.20. The highest BCUT2D eigenvalue weighted by Crippen LogP contribution is 2.18. The molecule has 0 spiro atoms. The van der Waals surface area contributed by atoms with Gasteiger partial charge in [-0.3, -0.25) is 9.59 Å². The molecule has 0 fully saturated rings. The highest BCUT2D eigenvalue weighted by atomic mass is 16.5. The summed E-state index contributed by atoms with van der Waals surface area (Å²) < 4.78 is 5.17. The molecule has 0 heterocycles. The number of carbonyl (C=O) groups excluding carboxylic acids is 2. The average Bonchev–Trinajstić information content (AvgIpc) is 2.37. The van der Waals surface area contributed by atoms with E-state index >= 15 is 0 Å². The van der Waals surface area contributed by atoms with Gasteiger partial charge in [0.15, 0.2) is 0 Å². The fraction of sp³-hybridized carbons (Fsp3) is 0.529. The van der Waals surface area contributed by atoms with Crippen LogP contribution in [-0.2, 0) is 14.3 Å². The van der Waals surface area contributed by atoms with Gasteiger partial charge in [-0.15, -0.1) is 0 Å². The van der Waals surface area contributed by atoms with E-state index in [0.717, 1.165) is 5.56 Å². The molecule has 0 aliphatic carbocycles. The molecular weight excluding hydrogens is 266 g/mol. The summed E-state index contributed by atoms with van der Waals surface area (Å²) >= 11 is 0. The van der Waals surface area contributed by atoms with Crippen LogP contribution in [0.2, 0.25) is 0 Å². The zero-order valence-corrected chi connectivity index (χ0v) is 13.3. The third-order valence-corrected chi connectivity index (χ3v) is 2.87. The molecule has 1 atom stereocenters. The monoisotopic (exact) mass is 291 g/mol. The van der Waals surface area contributed by atoms with E-state index in [0.29, 0.717) is 6.42 Å². The third-order valence-electron chi connectivity index (χ3n) is 2.87. The van der Waals surface area contributed by atoms with Gasteiger partial charge in [-0.05, 0) is 25.3 Å². The molecule has 0 aliphatic rings. The van der Waals surface area contributed by atoms with Gasteiger partial charge in [-0.25, -0.2) is 0 Å². The van der Waals surface area contributed by atoms with Gasteiger partial charge in [0.1, 0.15) is 0 Å². The van der Waals surface area contributed by atoms with Crippen molar-refractivity contribution >= 4 is 11.9 Å². The normalized spacial score (nSPS) is 12.3. The van der Waals surface area contributed by atoms with Crippen LogP contribution in [0.5, 0.6) is 0 Å². The molecule has 1 rings (SSSR count). The Balaban J connectivity index is 2.76. The van der Waals surface area contributed by atoms with Crippen molar-refractivity contribution in [2.45, 2.75) is 52.7 Å². The molecule has 21 heavy (non-hydrogen) atoms. The van der Waals surface area contributed by atoms with Gasteiger partial charge in [-0.2, -0.15) is 0 Å². The predicted molar refractivity (Wildman–Crippen MR) is 82.6 cm³/mol. The molecule has 116 valence electrons. The maximum absolute atomic E-state index is 12.0. The maximum atomic E-state index is 12.0. The summed E-state index contributed by atoms with van der Waals surface area (Å²) in [4.78, 5) is 23.8. The Labute approximate surface area is 126 Å². The second kappa shape index (κ2) is 8.45. The summed E-state index contributed by atoms with van der Waals surface area (Å²) in [5, 5.41) is 2.93.